The van der Waals surface area contributed by atoms with E-state index < -0.39 is 0 Å². The van der Waals surface area contributed by atoms with Gasteiger partial charge in [-0.3, -0.25) is 4.79 Å². The van der Waals surface area contributed by atoms with Crippen molar-refractivity contribution < 1.29 is 4.79 Å². The Morgan fingerprint density at radius 1 is 1.44 bits per heavy atom. The van der Waals surface area contributed by atoms with Gasteiger partial charge in [0, 0.05) is 38.6 Å². The summed E-state index contributed by atoms with van der Waals surface area (Å²) in [6.07, 6.45) is 4.89. The second-order valence-electron chi connectivity index (χ2n) is 3.90. The number of amides is 1. The summed E-state index contributed by atoms with van der Waals surface area (Å²) < 4.78 is 0. The van der Waals surface area contributed by atoms with Crippen molar-refractivity contribution in [1.82, 2.24) is 14.9 Å². The van der Waals surface area contributed by atoms with Crippen LogP contribution in [0.2, 0.25) is 0 Å². The van der Waals surface area contributed by atoms with Crippen LogP contribution in [0.3, 0.4) is 0 Å². The highest BCUT2D eigenvalue weighted by Gasteiger charge is 2.17. The van der Waals surface area contributed by atoms with Crippen molar-refractivity contribution in [3.8, 4) is 0 Å². The van der Waals surface area contributed by atoms with Crippen LogP contribution in [0, 0.1) is 0 Å². The standard InChI is InChI=1S/C11H14N6O/c1-12-11-13-3-8(4-14-11)7-17(2)10(18)9-5-15-16-6-9/h3-5H,6-7H2,1-2H3,(H,12,13,14). The molecular weight excluding hydrogens is 232 g/mol. The number of nitrogens with one attached hydrogen (secondary N) is 1. The third kappa shape index (κ3) is 2.68. The molecule has 0 radical (unpaired) electrons. The van der Waals surface area contributed by atoms with Gasteiger partial charge in [0.05, 0.1) is 18.3 Å². The van der Waals surface area contributed by atoms with E-state index in [-0.39, 0.29) is 5.91 Å². The Labute approximate surface area is 105 Å². The number of azo groups is 1. The van der Waals surface area contributed by atoms with Crippen molar-refractivity contribution in [3.63, 3.8) is 0 Å². The van der Waals surface area contributed by atoms with Crippen molar-refractivity contribution in [2.75, 3.05) is 26.0 Å². The lowest BCUT2D eigenvalue weighted by atomic mass is 10.2. The van der Waals surface area contributed by atoms with E-state index in [0.29, 0.717) is 24.6 Å². The molecule has 0 spiro atoms. The highest BCUT2D eigenvalue weighted by molar-refractivity contribution is 5.93. The first kappa shape index (κ1) is 12.2. The maximum atomic E-state index is 12.0. The molecule has 7 nitrogen and oxygen atoms in total. The number of aromatic nitrogens is 2. The van der Waals surface area contributed by atoms with Gasteiger partial charge in [0.25, 0.3) is 5.91 Å². The van der Waals surface area contributed by atoms with E-state index in [1.807, 2.05) is 0 Å². The fourth-order valence-electron chi connectivity index (χ4n) is 1.55. The minimum atomic E-state index is -0.0716. The highest BCUT2D eigenvalue weighted by Crippen LogP contribution is 2.10. The van der Waals surface area contributed by atoms with Crippen molar-refractivity contribution in [3.05, 3.63) is 29.7 Å². The molecule has 1 aliphatic rings. The molecule has 1 aliphatic heterocycles. The molecule has 0 fully saturated rings. The number of rotatable bonds is 4. The summed E-state index contributed by atoms with van der Waals surface area (Å²) in [5.41, 5.74) is 1.47. The van der Waals surface area contributed by atoms with Gasteiger partial charge in [-0.2, -0.15) is 10.2 Å². The van der Waals surface area contributed by atoms with E-state index in [1.54, 1.807) is 31.4 Å². The normalized spacial score (nSPS) is 13.3. The van der Waals surface area contributed by atoms with Crippen LogP contribution >= 0.6 is 0 Å². The van der Waals surface area contributed by atoms with Gasteiger partial charge in [-0.15, -0.1) is 0 Å². The molecule has 2 heterocycles. The summed E-state index contributed by atoms with van der Waals surface area (Å²) in [7, 11) is 3.48. The number of likely N-dealkylation sites (N-methyl/N-ethyl adjacent to an activating group) is 1. The van der Waals surface area contributed by atoms with Crippen molar-refractivity contribution in [2.45, 2.75) is 6.54 Å². The molecule has 18 heavy (non-hydrogen) atoms. The number of hydrogen-bond donors (Lipinski definition) is 1. The maximum Gasteiger partial charge on any atom is 0.253 e. The van der Waals surface area contributed by atoms with E-state index in [9.17, 15) is 4.79 Å². The van der Waals surface area contributed by atoms with E-state index in [1.165, 1.54) is 6.20 Å². The highest BCUT2D eigenvalue weighted by atomic mass is 16.2. The van der Waals surface area contributed by atoms with Gasteiger partial charge >= 0.3 is 0 Å². The Bertz CT molecular complexity index is 493. The average Bonchev–Trinajstić information content (AvgIpc) is 2.92. The quantitative estimate of drug-likeness (QED) is 0.852. The molecule has 94 valence electrons. The third-order valence-electron chi connectivity index (χ3n) is 2.51. The van der Waals surface area contributed by atoms with Crippen LogP contribution in [0.25, 0.3) is 0 Å². The molecule has 0 bridgehead atoms. The molecule has 0 aromatic carbocycles. The molecule has 1 N–H and O–H groups in total. The number of carbonyl (C=O) groups is 1. The van der Waals surface area contributed by atoms with Gasteiger partial charge in [-0.25, -0.2) is 9.97 Å². The molecule has 1 amide bonds. The minimum Gasteiger partial charge on any atom is -0.357 e. The lowest BCUT2D eigenvalue weighted by molar-refractivity contribution is -0.126. The van der Waals surface area contributed by atoms with Gasteiger partial charge in [0.15, 0.2) is 0 Å². The number of nitrogens with zero attached hydrogens (tertiary/aromatic N) is 5. The molecule has 0 saturated carbocycles. The van der Waals surface area contributed by atoms with Crippen LogP contribution in [0.5, 0.6) is 0 Å². The molecule has 2 rings (SSSR count). The largest absolute Gasteiger partial charge is 0.357 e. The van der Waals surface area contributed by atoms with Crippen LogP contribution in [0.15, 0.2) is 34.4 Å². The van der Waals surface area contributed by atoms with Crippen LogP contribution in [-0.4, -0.2) is 41.4 Å². The van der Waals surface area contributed by atoms with Gasteiger partial charge in [-0.05, 0) is 0 Å². The Balaban J connectivity index is 1.97. The number of carbonyl (C=O) groups excluding carboxylic acids is 1. The van der Waals surface area contributed by atoms with Crippen molar-refractivity contribution in [2.24, 2.45) is 10.2 Å². The minimum absolute atomic E-state index is 0.0716. The third-order valence-corrected chi connectivity index (χ3v) is 2.51. The molecule has 0 unspecified atom stereocenters. The van der Waals surface area contributed by atoms with Crippen LogP contribution in [-0.2, 0) is 11.3 Å². The van der Waals surface area contributed by atoms with Gasteiger partial charge in [0.2, 0.25) is 5.95 Å². The van der Waals surface area contributed by atoms with Crippen molar-refractivity contribution >= 4 is 11.9 Å². The molecule has 1 aromatic rings. The molecule has 0 saturated heterocycles. The second-order valence-corrected chi connectivity index (χ2v) is 3.90. The predicted molar refractivity (Wildman–Crippen MR) is 65.9 cm³/mol. The molecule has 1 aromatic heterocycles. The van der Waals surface area contributed by atoms with E-state index in [4.69, 9.17) is 0 Å². The van der Waals surface area contributed by atoms with Crippen molar-refractivity contribution in [1.29, 1.82) is 0 Å². The topological polar surface area (TPSA) is 82.8 Å². The molecule has 0 aliphatic carbocycles. The molecular formula is C11H14N6O. The second kappa shape index (κ2) is 5.35. The van der Waals surface area contributed by atoms with E-state index in [2.05, 4.69) is 25.5 Å². The Morgan fingerprint density at radius 3 is 2.72 bits per heavy atom. The number of hydrogen-bond acceptors (Lipinski definition) is 6. The van der Waals surface area contributed by atoms with E-state index in [0.717, 1.165) is 5.56 Å². The first-order chi connectivity index (χ1) is 8.70. The summed E-state index contributed by atoms with van der Waals surface area (Å²) in [6.45, 7) is 0.818. The van der Waals surface area contributed by atoms with Crippen LogP contribution in [0.1, 0.15) is 5.56 Å². The Hall–Kier alpha value is -2.31. The Morgan fingerprint density at radius 2 is 2.17 bits per heavy atom. The zero-order valence-electron chi connectivity index (χ0n) is 10.3. The summed E-state index contributed by atoms with van der Waals surface area (Å²) in [4.78, 5) is 21.7. The maximum absolute atomic E-state index is 12.0. The molecule has 7 heteroatoms. The van der Waals surface area contributed by atoms with Crippen LogP contribution < -0.4 is 5.32 Å². The summed E-state index contributed by atoms with van der Waals surface area (Å²) in [6, 6.07) is 0. The summed E-state index contributed by atoms with van der Waals surface area (Å²) >= 11 is 0. The summed E-state index contributed by atoms with van der Waals surface area (Å²) in [5, 5.41) is 10.3. The van der Waals surface area contributed by atoms with Gasteiger partial charge in [-0.1, -0.05) is 0 Å². The SMILES string of the molecule is CNc1ncc(CN(C)C(=O)C2=CN=NC2)cn1. The van der Waals surface area contributed by atoms with Gasteiger partial charge < -0.3 is 10.2 Å². The predicted octanol–water partition coefficient (Wildman–Crippen LogP) is 0.826. The number of anilines is 1. The fraction of sp³-hybridized carbons (Fsp3) is 0.364. The van der Waals surface area contributed by atoms with Gasteiger partial charge in [0.1, 0.15) is 0 Å². The lowest BCUT2D eigenvalue weighted by Crippen LogP contribution is -2.28. The van der Waals surface area contributed by atoms with E-state index >= 15 is 0 Å². The van der Waals surface area contributed by atoms with Crippen LogP contribution in [0.4, 0.5) is 5.95 Å². The lowest BCUT2D eigenvalue weighted by Gasteiger charge is -2.16. The smallest absolute Gasteiger partial charge is 0.253 e. The summed E-state index contributed by atoms with van der Waals surface area (Å²) in [5.74, 6) is 0.488. The zero-order chi connectivity index (χ0) is 13.0. The Kier molecular flexibility index (Phi) is 3.61. The average molecular weight is 246 g/mol. The first-order valence-corrected chi connectivity index (χ1v) is 5.50. The zero-order valence-corrected chi connectivity index (χ0v) is 10.3. The fourth-order valence-corrected chi connectivity index (χ4v) is 1.55. The first-order valence-electron chi connectivity index (χ1n) is 5.50. The molecule has 0 atom stereocenters. The monoisotopic (exact) mass is 246 g/mol.